The second kappa shape index (κ2) is 6.08. The fraction of sp³-hybridized carbons (Fsp3) is 0.450. The molecule has 1 atom stereocenters. The zero-order chi connectivity index (χ0) is 17.5. The highest BCUT2D eigenvalue weighted by Gasteiger charge is 2.31. The summed E-state index contributed by atoms with van der Waals surface area (Å²) in [6.07, 6.45) is 3.52. The summed E-state index contributed by atoms with van der Waals surface area (Å²) in [5.41, 5.74) is 3.98. The Kier molecular flexibility index (Phi) is 4.39. The molecule has 0 radical (unpaired) electrons. The van der Waals surface area contributed by atoms with Crippen molar-refractivity contribution in [3.63, 3.8) is 0 Å². The van der Waals surface area contributed by atoms with Gasteiger partial charge in [-0.2, -0.15) is 4.39 Å². The van der Waals surface area contributed by atoms with E-state index in [4.69, 9.17) is 4.43 Å². The van der Waals surface area contributed by atoms with Gasteiger partial charge in [0.05, 0.1) is 0 Å². The van der Waals surface area contributed by atoms with E-state index in [0.29, 0.717) is 5.56 Å². The first-order valence-electron chi connectivity index (χ1n) is 8.61. The van der Waals surface area contributed by atoms with Crippen molar-refractivity contribution in [2.45, 2.75) is 57.8 Å². The quantitative estimate of drug-likeness (QED) is 0.511. The number of pyridine rings is 1. The van der Waals surface area contributed by atoms with Crippen LogP contribution in [0, 0.1) is 5.95 Å². The molecule has 2 aromatic rings. The van der Waals surface area contributed by atoms with Gasteiger partial charge in [0.1, 0.15) is 0 Å². The molecule has 0 saturated carbocycles. The van der Waals surface area contributed by atoms with Gasteiger partial charge in [0.2, 0.25) is 5.95 Å². The van der Waals surface area contributed by atoms with E-state index < -0.39 is 14.3 Å². The van der Waals surface area contributed by atoms with Crippen LogP contribution in [0.15, 0.2) is 36.5 Å². The monoisotopic (exact) mass is 343 g/mol. The van der Waals surface area contributed by atoms with Gasteiger partial charge in [-0.3, -0.25) is 0 Å². The minimum Gasteiger partial charge on any atom is -0.559 e. The van der Waals surface area contributed by atoms with Crippen LogP contribution in [0.3, 0.4) is 0 Å². The maximum absolute atomic E-state index is 14.1. The molecule has 0 amide bonds. The Morgan fingerprint density at radius 2 is 1.83 bits per heavy atom. The molecule has 0 unspecified atom stereocenters. The number of hydrogen-bond acceptors (Lipinski definition) is 2. The van der Waals surface area contributed by atoms with Crippen molar-refractivity contribution in [2.24, 2.45) is 0 Å². The van der Waals surface area contributed by atoms with E-state index in [-0.39, 0.29) is 11.1 Å². The molecule has 24 heavy (non-hydrogen) atoms. The van der Waals surface area contributed by atoms with E-state index in [2.05, 4.69) is 44.9 Å². The van der Waals surface area contributed by atoms with Crippen molar-refractivity contribution in [3.8, 4) is 11.1 Å². The van der Waals surface area contributed by atoms with Gasteiger partial charge in [-0.1, -0.05) is 39.0 Å². The van der Waals surface area contributed by atoms with Gasteiger partial charge >= 0.3 is 0 Å². The lowest BCUT2D eigenvalue weighted by Gasteiger charge is -2.50. The summed E-state index contributed by atoms with van der Waals surface area (Å²) >= 11 is 0. The maximum atomic E-state index is 14.1. The van der Waals surface area contributed by atoms with E-state index in [1.54, 1.807) is 12.1 Å². The molecule has 0 aliphatic heterocycles. The highest BCUT2D eigenvalue weighted by molar-refractivity contribution is 6.74. The fourth-order valence-corrected chi connectivity index (χ4v) is 4.42. The summed E-state index contributed by atoms with van der Waals surface area (Å²) in [6, 6.07) is 9.73. The van der Waals surface area contributed by atoms with Crippen LogP contribution in [0.1, 0.15) is 44.4 Å². The van der Waals surface area contributed by atoms with Crippen molar-refractivity contribution in [1.29, 1.82) is 0 Å². The lowest BCUT2D eigenvalue weighted by molar-refractivity contribution is 0.185. The van der Waals surface area contributed by atoms with E-state index in [1.165, 1.54) is 17.3 Å². The Balaban J connectivity index is 1.97. The third kappa shape index (κ3) is 3.05. The molecule has 0 N–H and O–H groups in total. The fourth-order valence-electron chi connectivity index (χ4n) is 3.11. The van der Waals surface area contributed by atoms with Crippen LogP contribution in [0.25, 0.3) is 11.1 Å². The standard InChI is InChI=1S/C20H26FNOSi/c1-20(2,3)24(4,5)23-18-12-11-15-14(8-6-9-16(15)18)17-10-7-13-22-19(17)21/h6-10,13,18H,11-12H2,1-5H3/q-1/t18-/m0/s1. The maximum Gasteiger partial charge on any atom is 0.220 e. The molecule has 1 aromatic heterocycles. The largest absolute Gasteiger partial charge is 0.559 e. The summed E-state index contributed by atoms with van der Waals surface area (Å²) in [4.78, 5) is 3.80. The smallest absolute Gasteiger partial charge is 0.220 e. The average Bonchev–Trinajstić information content (AvgIpc) is 2.89. The van der Waals surface area contributed by atoms with Crippen molar-refractivity contribution in [3.05, 3.63) is 53.6 Å². The van der Waals surface area contributed by atoms with Gasteiger partial charge in [-0.05, 0) is 50.0 Å². The van der Waals surface area contributed by atoms with Crippen LogP contribution in [0.2, 0.25) is 18.1 Å². The van der Waals surface area contributed by atoms with Crippen LogP contribution in [0.5, 0.6) is 0 Å². The van der Waals surface area contributed by atoms with Crippen molar-refractivity contribution in [1.82, 2.24) is 4.98 Å². The first kappa shape index (κ1) is 17.3. The number of rotatable bonds is 3. The number of halogens is 1. The Hall–Kier alpha value is -1.52. The van der Waals surface area contributed by atoms with Gasteiger partial charge in [0.25, 0.3) is 0 Å². The Bertz CT molecular complexity index is 752. The number of hydrogen-bond donors (Lipinski definition) is 0. The minimum atomic E-state index is -1.83. The third-order valence-electron chi connectivity index (χ3n) is 5.51. The lowest BCUT2D eigenvalue weighted by atomic mass is 9.97. The summed E-state index contributed by atoms with van der Waals surface area (Å²) in [5.74, 6) is -0.403. The van der Waals surface area contributed by atoms with Crippen molar-refractivity contribution < 1.29 is 8.82 Å². The Morgan fingerprint density at radius 3 is 2.50 bits per heavy atom. The topological polar surface area (TPSA) is 22.1 Å². The lowest BCUT2D eigenvalue weighted by Crippen LogP contribution is -2.41. The molecule has 1 aliphatic carbocycles. The summed E-state index contributed by atoms with van der Waals surface area (Å²) in [7, 11) is -1.83. The highest BCUT2D eigenvalue weighted by atomic mass is 28.4. The van der Waals surface area contributed by atoms with Crippen LogP contribution >= 0.6 is 0 Å². The van der Waals surface area contributed by atoms with Gasteiger partial charge in [0.15, 0.2) is 0 Å². The predicted octanol–water partition coefficient (Wildman–Crippen LogP) is 5.90. The van der Waals surface area contributed by atoms with Crippen molar-refractivity contribution in [2.75, 3.05) is 0 Å². The van der Waals surface area contributed by atoms with Crippen LogP contribution in [-0.2, 0) is 10.8 Å². The SMILES string of the molecule is CC(C)(C)[Si-](C)(C)O[C@H]1CCc2c(-c3cccnc3F)cccc21. The Labute approximate surface area is 145 Å². The van der Waals surface area contributed by atoms with Gasteiger partial charge in [-0.25, -0.2) is 4.98 Å². The first-order valence-corrected chi connectivity index (χ1v) is 11.5. The van der Waals surface area contributed by atoms with Crippen molar-refractivity contribution >= 4 is 8.32 Å². The molecule has 129 valence electrons. The van der Waals surface area contributed by atoms with E-state index >= 15 is 0 Å². The summed E-state index contributed by atoms with van der Waals surface area (Å²) < 4.78 is 20.8. The van der Waals surface area contributed by atoms with Crippen LogP contribution in [-0.4, -0.2) is 13.3 Å². The summed E-state index contributed by atoms with van der Waals surface area (Å²) in [5, 5.41) is 0.183. The molecule has 2 nitrogen and oxygen atoms in total. The molecule has 1 aliphatic rings. The normalized spacial score (nSPS) is 17.8. The Morgan fingerprint density at radius 1 is 1.12 bits per heavy atom. The van der Waals surface area contributed by atoms with Crippen LogP contribution in [0.4, 0.5) is 4.39 Å². The predicted molar refractivity (Wildman–Crippen MR) is 99.0 cm³/mol. The average molecular weight is 344 g/mol. The summed E-state index contributed by atoms with van der Waals surface area (Å²) in [6.45, 7) is 11.4. The van der Waals surface area contributed by atoms with Gasteiger partial charge in [-0.15, -0.1) is 18.1 Å². The second-order valence-electron chi connectivity index (χ2n) is 8.12. The number of nitrogens with zero attached hydrogens (tertiary/aromatic N) is 1. The molecular formula is C20H26FNOSi-. The number of aromatic nitrogens is 1. The molecule has 0 fully saturated rings. The first-order chi connectivity index (χ1) is 11.2. The zero-order valence-corrected chi connectivity index (χ0v) is 16.2. The molecule has 0 bridgehead atoms. The van der Waals surface area contributed by atoms with Gasteiger partial charge < -0.3 is 4.43 Å². The van der Waals surface area contributed by atoms with E-state index in [9.17, 15) is 4.39 Å². The molecular weight excluding hydrogens is 317 g/mol. The number of fused-ring (bicyclic) bond motifs is 1. The van der Waals surface area contributed by atoms with E-state index in [1.807, 2.05) is 12.1 Å². The molecule has 4 heteroatoms. The second-order valence-corrected chi connectivity index (χ2v) is 12.9. The highest BCUT2D eigenvalue weighted by Crippen LogP contribution is 2.45. The molecule has 0 spiro atoms. The van der Waals surface area contributed by atoms with Gasteiger partial charge in [0, 0.05) is 17.9 Å². The van der Waals surface area contributed by atoms with E-state index in [0.717, 1.165) is 18.4 Å². The minimum absolute atomic E-state index is 0.126. The third-order valence-corrected chi connectivity index (χ3v) is 9.99. The molecule has 1 aromatic carbocycles. The number of benzene rings is 1. The molecule has 0 saturated heterocycles. The molecule has 1 heterocycles. The molecule has 3 rings (SSSR count). The zero-order valence-electron chi connectivity index (χ0n) is 15.2. The van der Waals surface area contributed by atoms with Crippen LogP contribution < -0.4 is 0 Å².